The lowest BCUT2D eigenvalue weighted by atomic mass is 10.0. The number of guanidine groups is 1. The van der Waals surface area contributed by atoms with Crippen LogP contribution in [0.4, 0.5) is 13.2 Å². The molecule has 5 nitrogen and oxygen atoms in total. The van der Waals surface area contributed by atoms with Gasteiger partial charge in [0.25, 0.3) is 0 Å². The fraction of sp³-hybridized carbons (Fsp3) is 0.450. The van der Waals surface area contributed by atoms with E-state index in [1.54, 1.807) is 30.5 Å². The monoisotopic (exact) mass is 554 g/mol. The normalized spacial score (nSPS) is 16.6. The van der Waals surface area contributed by atoms with Crippen molar-refractivity contribution in [2.24, 2.45) is 4.99 Å². The van der Waals surface area contributed by atoms with E-state index in [0.29, 0.717) is 32.3 Å². The van der Waals surface area contributed by atoms with E-state index in [-0.39, 0.29) is 30.0 Å². The van der Waals surface area contributed by atoms with E-state index < -0.39 is 11.7 Å². The minimum atomic E-state index is -4.33. The molecule has 10 heteroatoms. The Morgan fingerprint density at radius 3 is 2.43 bits per heavy atom. The molecule has 3 rings (SSSR count). The van der Waals surface area contributed by atoms with Gasteiger partial charge in [-0.1, -0.05) is 18.2 Å². The minimum absolute atomic E-state index is 0. The van der Waals surface area contributed by atoms with Gasteiger partial charge < -0.3 is 15.4 Å². The molecule has 166 valence electrons. The van der Waals surface area contributed by atoms with Crippen LogP contribution in [-0.4, -0.2) is 50.8 Å². The second-order valence-electron chi connectivity index (χ2n) is 6.67. The molecule has 1 aromatic heterocycles. The first kappa shape index (κ1) is 24.9. The van der Waals surface area contributed by atoms with Gasteiger partial charge in [0.05, 0.1) is 31.4 Å². The van der Waals surface area contributed by atoms with Crippen LogP contribution in [-0.2, 0) is 17.5 Å². The quantitative estimate of drug-likeness (QED) is 0.321. The fourth-order valence-corrected chi connectivity index (χ4v) is 3.88. The number of benzene rings is 1. The third-order valence-electron chi connectivity index (χ3n) is 4.81. The molecular weight excluding hydrogens is 528 g/mol. The lowest BCUT2D eigenvalue weighted by Gasteiger charge is -2.35. The molecule has 2 aromatic rings. The van der Waals surface area contributed by atoms with E-state index in [1.165, 1.54) is 4.88 Å². The molecule has 1 aromatic carbocycles. The SMILES string of the molecule is CN=C(NCc1cccs1)NCC(c1ccc(C(F)(F)F)cc1)N1CCOCC1.I. The van der Waals surface area contributed by atoms with Gasteiger partial charge in [0, 0.05) is 31.6 Å². The fourth-order valence-electron chi connectivity index (χ4n) is 3.24. The van der Waals surface area contributed by atoms with Crippen molar-refractivity contribution in [3.63, 3.8) is 0 Å². The van der Waals surface area contributed by atoms with Crippen molar-refractivity contribution in [1.29, 1.82) is 0 Å². The maximum Gasteiger partial charge on any atom is 0.416 e. The van der Waals surface area contributed by atoms with Gasteiger partial charge in [-0.15, -0.1) is 35.3 Å². The molecular formula is C20H26F3IN4OS. The molecule has 0 saturated carbocycles. The summed E-state index contributed by atoms with van der Waals surface area (Å²) in [7, 11) is 1.70. The lowest BCUT2D eigenvalue weighted by Crippen LogP contribution is -2.46. The van der Waals surface area contributed by atoms with Gasteiger partial charge in [0.1, 0.15) is 0 Å². The number of ether oxygens (including phenoxy) is 1. The molecule has 0 amide bonds. The summed E-state index contributed by atoms with van der Waals surface area (Å²) in [6.07, 6.45) is -4.33. The molecule has 2 heterocycles. The number of hydrogen-bond acceptors (Lipinski definition) is 4. The van der Waals surface area contributed by atoms with Crippen LogP contribution in [0.5, 0.6) is 0 Å². The molecule has 0 spiro atoms. The lowest BCUT2D eigenvalue weighted by molar-refractivity contribution is -0.137. The molecule has 2 N–H and O–H groups in total. The molecule has 1 saturated heterocycles. The Hall–Kier alpha value is -1.37. The molecule has 0 aliphatic carbocycles. The van der Waals surface area contributed by atoms with E-state index in [1.807, 2.05) is 17.5 Å². The van der Waals surface area contributed by atoms with Crippen LogP contribution in [0.3, 0.4) is 0 Å². The Kier molecular flexibility index (Phi) is 9.85. The van der Waals surface area contributed by atoms with Gasteiger partial charge in [-0.3, -0.25) is 9.89 Å². The molecule has 1 fully saturated rings. The van der Waals surface area contributed by atoms with Crippen LogP contribution in [0.1, 0.15) is 22.0 Å². The molecule has 1 unspecified atom stereocenters. The zero-order valence-corrected chi connectivity index (χ0v) is 19.8. The van der Waals surface area contributed by atoms with E-state index in [0.717, 1.165) is 30.8 Å². The maximum absolute atomic E-state index is 12.9. The summed E-state index contributed by atoms with van der Waals surface area (Å²) in [5.74, 6) is 0.656. The first-order chi connectivity index (χ1) is 14.0. The summed E-state index contributed by atoms with van der Waals surface area (Å²) in [5.41, 5.74) is 0.199. The van der Waals surface area contributed by atoms with Crippen LogP contribution in [0.2, 0.25) is 0 Å². The number of rotatable bonds is 6. The second-order valence-corrected chi connectivity index (χ2v) is 7.70. The standard InChI is InChI=1S/C20H25F3N4OS.HI/c1-24-19(25-13-17-3-2-12-29-17)26-14-18(27-8-10-28-11-9-27)15-4-6-16(7-5-15)20(21,22)23;/h2-7,12,18H,8-11,13-14H2,1H3,(H2,24,25,26);1H. The van der Waals surface area contributed by atoms with Crippen LogP contribution in [0, 0.1) is 0 Å². The summed E-state index contributed by atoms with van der Waals surface area (Å²) in [4.78, 5) is 7.67. The zero-order chi connectivity index (χ0) is 20.7. The van der Waals surface area contributed by atoms with Gasteiger partial charge in [0.15, 0.2) is 5.96 Å². The van der Waals surface area contributed by atoms with Gasteiger partial charge in [-0.05, 0) is 29.1 Å². The van der Waals surface area contributed by atoms with Crippen molar-refractivity contribution in [1.82, 2.24) is 15.5 Å². The number of alkyl halides is 3. The van der Waals surface area contributed by atoms with Gasteiger partial charge in [-0.2, -0.15) is 13.2 Å². The Balaban J connectivity index is 0.00000320. The zero-order valence-electron chi connectivity index (χ0n) is 16.6. The highest BCUT2D eigenvalue weighted by molar-refractivity contribution is 14.0. The average molecular weight is 554 g/mol. The smallest absolute Gasteiger partial charge is 0.379 e. The summed E-state index contributed by atoms with van der Waals surface area (Å²) in [5, 5.41) is 8.60. The third-order valence-corrected chi connectivity index (χ3v) is 5.68. The van der Waals surface area contributed by atoms with E-state index in [2.05, 4.69) is 20.5 Å². The minimum Gasteiger partial charge on any atom is -0.379 e. The molecule has 1 atom stereocenters. The summed E-state index contributed by atoms with van der Waals surface area (Å²) < 4.78 is 44.2. The van der Waals surface area contributed by atoms with E-state index >= 15 is 0 Å². The second kappa shape index (κ2) is 11.9. The van der Waals surface area contributed by atoms with Crippen LogP contribution >= 0.6 is 35.3 Å². The van der Waals surface area contributed by atoms with Crippen molar-refractivity contribution < 1.29 is 17.9 Å². The Labute approximate surface area is 195 Å². The van der Waals surface area contributed by atoms with Crippen LogP contribution < -0.4 is 10.6 Å². The van der Waals surface area contributed by atoms with E-state index in [9.17, 15) is 13.2 Å². The predicted molar refractivity (Wildman–Crippen MR) is 125 cm³/mol. The number of aliphatic imine (C=N–C) groups is 1. The van der Waals surface area contributed by atoms with Crippen LogP contribution in [0.25, 0.3) is 0 Å². The summed E-state index contributed by atoms with van der Waals surface area (Å²) in [6, 6.07) is 9.38. The molecule has 1 aliphatic heterocycles. The van der Waals surface area contributed by atoms with Crippen molar-refractivity contribution >= 4 is 41.3 Å². The number of morpholine rings is 1. The number of hydrogen-bond donors (Lipinski definition) is 2. The number of halogens is 4. The largest absolute Gasteiger partial charge is 0.416 e. The van der Waals surface area contributed by atoms with Crippen molar-refractivity contribution in [3.05, 3.63) is 57.8 Å². The highest BCUT2D eigenvalue weighted by Gasteiger charge is 2.31. The Morgan fingerprint density at radius 2 is 1.87 bits per heavy atom. The van der Waals surface area contributed by atoms with Crippen molar-refractivity contribution in [3.8, 4) is 0 Å². The maximum atomic E-state index is 12.9. The Morgan fingerprint density at radius 1 is 1.17 bits per heavy atom. The van der Waals surface area contributed by atoms with Crippen LogP contribution in [0.15, 0.2) is 46.8 Å². The summed E-state index contributed by atoms with van der Waals surface area (Å²) in [6.45, 7) is 3.88. The van der Waals surface area contributed by atoms with Crippen molar-refractivity contribution in [2.45, 2.75) is 18.8 Å². The van der Waals surface area contributed by atoms with E-state index in [4.69, 9.17) is 4.74 Å². The average Bonchev–Trinajstić information content (AvgIpc) is 3.24. The van der Waals surface area contributed by atoms with Gasteiger partial charge >= 0.3 is 6.18 Å². The number of nitrogens with zero attached hydrogens (tertiary/aromatic N) is 2. The third kappa shape index (κ3) is 7.10. The first-order valence-electron chi connectivity index (χ1n) is 9.43. The molecule has 0 bridgehead atoms. The first-order valence-corrected chi connectivity index (χ1v) is 10.3. The summed E-state index contributed by atoms with van der Waals surface area (Å²) >= 11 is 1.66. The van der Waals surface area contributed by atoms with Gasteiger partial charge in [-0.25, -0.2) is 0 Å². The highest BCUT2D eigenvalue weighted by Crippen LogP contribution is 2.31. The molecule has 1 aliphatic rings. The number of thiophene rings is 1. The van der Waals surface area contributed by atoms with Crippen molar-refractivity contribution in [2.75, 3.05) is 39.9 Å². The Bertz CT molecular complexity index is 778. The van der Waals surface area contributed by atoms with Gasteiger partial charge in [0.2, 0.25) is 0 Å². The topological polar surface area (TPSA) is 48.9 Å². The molecule has 0 radical (unpaired) electrons. The number of nitrogens with one attached hydrogen (secondary N) is 2. The molecule has 30 heavy (non-hydrogen) atoms. The highest BCUT2D eigenvalue weighted by atomic mass is 127. The predicted octanol–water partition coefficient (Wildman–Crippen LogP) is 4.12.